The molecule has 7 aromatic rings. The monoisotopic (exact) mass is 632 g/mol. The van der Waals surface area contributed by atoms with Gasteiger partial charge in [-0.05, 0) is 111 Å². The summed E-state index contributed by atoms with van der Waals surface area (Å²) in [6, 6.07) is 34.4. The standard InChI is InChI=1S/C43H44N4O/c1-7-8-10-13-30(4)34-16-19-40-39(25-34)38-18-17-36(27-41(38)46(40)42-24-28(2)20-21-44-42)48-37-23-29(3)22-35(26-37)47-32(6)43(31(5)45-47)33-14-11-9-12-15-33/h9,11-12,14-27,30H,7-8,10,13H2,1-6H3. The number of pyridine rings is 1. The van der Waals surface area contributed by atoms with Gasteiger partial charge in [0.05, 0.1) is 22.4 Å². The first kappa shape index (κ1) is 31.4. The first-order valence-electron chi connectivity index (χ1n) is 17.2. The molecule has 0 aliphatic heterocycles. The Hall–Kier alpha value is -5.16. The van der Waals surface area contributed by atoms with Gasteiger partial charge in [0.2, 0.25) is 0 Å². The average molecular weight is 633 g/mol. The molecule has 0 saturated carbocycles. The zero-order valence-electron chi connectivity index (χ0n) is 28.9. The molecule has 4 aromatic carbocycles. The Bertz CT molecular complexity index is 2240. The fourth-order valence-electron chi connectivity index (χ4n) is 7.11. The van der Waals surface area contributed by atoms with E-state index < -0.39 is 0 Å². The van der Waals surface area contributed by atoms with Crippen LogP contribution in [0.3, 0.4) is 0 Å². The number of aromatic nitrogens is 4. The van der Waals surface area contributed by atoms with Crippen LogP contribution in [0.25, 0.3) is 44.4 Å². The summed E-state index contributed by atoms with van der Waals surface area (Å²) >= 11 is 0. The molecule has 0 amide bonds. The highest BCUT2D eigenvalue weighted by Gasteiger charge is 2.18. The summed E-state index contributed by atoms with van der Waals surface area (Å²) in [6.45, 7) is 13.1. The predicted molar refractivity (Wildman–Crippen MR) is 199 cm³/mol. The Balaban J connectivity index is 1.29. The van der Waals surface area contributed by atoms with E-state index >= 15 is 0 Å². The lowest BCUT2D eigenvalue weighted by Gasteiger charge is -2.13. The number of hydrogen-bond acceptors (Lipinski definition) is 3. The smallest absolute Gasteiger partial charge is 0.137 e. The molecular formula is C43H44N4O. The van der Waals surface area contributed by atoms with Crippen molar-refractivity contribution in [2.45, 2.75) is 73.1 Å². The minimum Gasteiger partial charge on any atom is -0.457 e. The molecule has 3 aromatic heterocycles. The second-order valence-electron chi connectivity index (χ2n) is 13.3. The van der Waals surface area contributed by atoms with Gasteiger partial charge in [0.25, 0.3) is 0 Å². The molecule has 0 radical (unpaired) electrons. The normalized spacial score (nSPS) is 12.2. The topological polar surface area (TPSA) is 44.9 Å². The molecular weight excluding hydrogens is 589 g/mol. The fraction of sp³-hybridized carbons (Fsp3) is 0.256. The molecule has 7 rings (SSSR count). The van der Waals surface area contributed by atoms with Crippen LogP contribution in [0.1, 0.15) is 73.5 Å². The van der Waals surface area contributed by atoms with Crippen LogP contribution in [-0.2, 0) is 0 Å². The average Bonchev–Trinajstić information content (AvgIpc) is 3.57. The summed E-state index contributed by atoms with van der Waals surface area (Å²) in [5.74, 6) is 2.98. The third kappa shape index (κ3) is 6.01. The molecule has 0 saturated heterocycles. The molecule has 0 aliphatic carbocycles. The van der Waals surface area contributed by atoms with Gasteiger partial charge in [0.15, 0.2) is 0 Å². The van der Waals surface area contributed by atoms with Crippen molar-refractivity contribution in [3.05, 3.63) is 131 Å². The summed E-state index contributed by atoms with van der Waals surface area (Å²) < 4.78 is 11.0. The van der Waals surface area contributed by atoms with E-state index in [1.54, 1.807) is 0 Å². The Morgan fingerprint density at radius 3 is 2.35 bits per heavy atom. The molecule has 0 aliphatic rings. The maximum absolute atomic E-state index is 6.64. The van der Waals surface area contributed by atoms with E-state index in [2.05, 4.69) is 131 Å². The maximum Gasteiger partial charge on any atom is 0.137 e. The molecule has 242 valence electrons. The fourth-order valence-corrected chi connectivity index (χ4v) is 7.11. The third-order valence-corrected chi connectivity index (χ3v) is 9.57. The van der Waals surface area contributed by atoms with Crippen LogP contribution in [0.2, 0.25) is 0 Å². The van der Waals surface area contributed by atoms with Gasteiger partial charge in [-0.25, -0.2) is 9.67 Å². The molecule has 3 heterocycles. The van der Waals surface area contributed by atoms with Gasteiger partial charge in [-0.3, -0.25) is 4.57 Å². The molecule has 1 unspecified atom stereocenters. The minimum absolute atomic E-state index is 0.514. The van der Waals surface area contributed by atoms with Crippen LogP contribution < -0.4 is 4.74 Å². The van der Waals surface area contributed by atoms with Gasteiger partial charge in [-0.2, -0.15) is 5.10 Å². The summed E-state index contributed by atoms with van der Waals surface area (Å²) in [7, 11) is 0. The van der Waals surface area contributed by atoms with Gasteiger partial charge in [0.1, 0.15) is 17.3 Å². The van der Waals surface area contributed by atoms with Crippen LogP contribution >= 0.6 is 0 Å². The highest BCUT2D eigenvalue weighted by atomic mass is 16.5. The van der Waals surface area contributed by atoms with Crippen molar-refractivity contribution >= 4 is 21.8 Å². The van der Waals surface area contributed by atoms with E-state index in [0.29, 0.717) is 5.92 Å². The van der Waals surface area contributed by atoms with Crippen molar-refractivity contribution in [3.63, 3.8) is 0 Å². The molecule has 0 fully saturated rings. The number of hydrogen-bond donors (Lipinski definition) is 0. The first-order chi connectivity index (χ1) is 23.3. The Morgan fingerprint density at radius 2 is 1.56 bits per heavy atom. The molecule has 5 nitrogen and oxygen atoms in total. The van der Waals surface area contributed by atoms with E-state index in [0.717, 1.165) is 51.0 Å². The Kier molecular flexibility index (Phi) is 8.62. The van der Waals surface area contributed by atoms with Gasteiger partial charge >= 0.3 is 0 Å². The quantitative estimate of drug-likeness (QED) is 0.141. The van der Waals surface area contributed by atoms with E-state index in [-0.39, 0.29) is 0 Å². The SMILES string of the molecule is CCCCCC(C)c1ccc2c(c1)c1ccc(Oc3cc(C)cc(-n4nc(C)c(-c5ccccc5)c4C)c3)cc1n2-c1cc(C)ccn1. The molecule has 1 atom stereocenters. The van der Waals surface area contributed by atoms with Crippen molar-refractivity contribution < 1.29 is 4.74 Å². The van der Waals surface area contributed by atoms with Crippen LogP contribution in [0.4, 0.5) is 0 Å². The number of ether oxygens (including phenoxy) is 1. The first-order valence-corrected chi connectivity index (χ1v) is 17.2. The predicted octanol–water partition coefficient (Wildman–Crippen LogP) is 11.7. The zero-order chi connectivity index (χ0) is 33.4. The number of rotatable bonds is 10. The molecule has 0 N–H and O–H groups in total. The van der Waals surface area contributed by atoms with Crippen molar-refractivity contribution in [3.8, 4) is 34.1 Å². The van der Waals surface area contributed by atoms with Crippen LogP contribution in [0.15, 0.2) is 103 Å². The van der Waals surface area contributed by atoms with Crippen LogP contribution in [0.5, 0.6) is 11.5 Å². The van der Waals surface area contributed by atoms with E-state index in [4.69, 9.17) is 14.8 Å². The largest absolute Gasteiger partial charge is 0.457 e. The van der Waals surface area contributed by atoms with Gasteiger partial charge in [-0.1, -0.05) is 69.5 Å². The second kappa shape index (κ2) is 13.2. The number of nitrogens with zero attached hydrogens (tertiary/aromatic N) is 4. The number of benzene rings is 4. The molecule has 48 heavy (non-hydrogen) atoms. The molecule has 5 heteroatoms. The van der Waals surface area contributed by atoms with Crippen molar-refractivity contribution in [1.82, 2.24) is 19.3 Å². The lowest BCUT2D eigenvalue weighted by molar-refractivity contribution is 0.482. The van der Waals surface area contributed by atoms with Crippen LogP contribution in [0, 0.1) is 27.7 Å². The molecule has 0 spiro atoms. The van der Waals surface area contributed by atoms with E-state index in [1.165, 1.54) is 58.7 Å². The highest BCUT2D eigenvalue weighted by Crippen LogP contribution is 2.38. The zero-order valence-corrected chi connectivity index (χ0v) is 28.9. The summed E-state index contributed by atoms with van der Waals surface area (Å²) in [5, 5.41) is 7.40. The highest BCUT2D eigenvalue weighted by molar-refractivity contribution is 6.09. The lowest BCUT2D eigenvalue weighted by Crippen LogP contribution is -2.00. The van der Waals surface area contributed by atoms with Gasteiger partial charge in [0, 0.05) is 40.4 Å². The van der Waals surface area contributed by atoms with E-state index in [1.807, 2.05) is 23.0 Å². The Morgan fingerprint density at radius 1 is 0.729 bits per heavy atom. The van der Waals surface area contributed by atoms with Crippen molar-refractivity contribution in [1.29, 1.82) is 0 Å². The van der Waals surface area contributed by atoms with Gasteiger partial charge < -0.3 is 4.74 Å². The second-order valence-corrected chi connectivity index (χ2v) is 13.3. The summed E-state index contributed by atoms with van der Waals surface area (Å²) in [4.78, 5) is 4.81. The molecule has 0 bridgehead atoms. The summed E-state index contributed by atoms with van der Waals surface area (Å²) in [5.41, 5.74) is 11.3. The number of aryl methyl sites for hydroxylation is 3. The minimum atomic E-state index is 0.514. The Labute approximate surface area is 283 Å². The third-order valence-electron chi connectivity index (χ3n) is 9.57. The number of fused-ring (bicyclic) bond motifs is 3. The number of unbranched alkanes of at least 4 members (excludes halogenated alkanes) is 2. The van der Waals surface area contributed by atoms with E-state index in [9.17, 15) is 0 Å². The van der Waals surface area contributed by atoms with Crippen molar-refractivity contribution in [2.75, 3.05) is 0 Å². The summed E-state index contributed by atoms with van der Waals surface area (Å²) in [6.07, 6.45) is 6.89. The van der Waals surface area contributed by atoms with Gasteiger partial charge in [-0.15, -0.1) is 0 Å². The van der Waals surface area contributed by atoms with Crippen molar-refractivity contribution in [2.24, 2.45) is 0 Å². The maximum atomic E-state index is 6.64. The van der Waals surface area contributed by atoms with Crippen LogP contribution in [-0.4, -0.2) is 19.3 Å². The lowest BCUT2D eigenvalue weighted by atomic mass is 9.94.